The number of allylic oxidation sites excluding steroid dienone is 1. The van der Waals surface area contributed by atoms with Gasteiger partial charge in [-0.25, -0.2) is 0 Å². The van der Waals surface area contributed by atoms with Crippen LogP contribution in [0.2, 0.25) is 0 Å². The van der Waals surface area contributed by atoms with Gasteiger partial charge in [-0.05, 0) is 37.6 Å². The molecule has 4 heteroatoms. The maximum atomic E-state index is 12.0. The molecule has 0 heterocycles. The Morgan fingerprint density at radius 3 is 2.55 bits per heavy atom. The van der Waals surface area contributed by atoms with Gasteiger partial charge in [0.2, 0.25) is 5.91 Å². The normalized spacial score (nSPS) is 10.8. The highest BCUT2D eigenvalue weighted by Crippen LogP contribution is 2.14. The highest BCUT2D eigenvalue weighted by molar-refractivity contribution is 5.87. The first kappa shape index (κ1) is 16.2. The zero-order valence-electron chi connectivity index (χ0n) is 12.5. The van der Waals surface area contributed by atoms with Crippen LogP contribution >= 0.6 is 0 Å². The predicted molar refractivity (Wildman–Crippen MR) is 79.7 cm³/mol. The van der Waals surface area contributed by atoms with Crippen molar-refractivity contribution in [1.29, 1.82) is 0 Å². The number of carbonyl (C=O) groups is 1. The van der Waals surface area contributed by atoms with Crippen molar-refractivity contribution < 1.29 is 14.3 Å². The highest BCUT2D eigenvalue weighted by atomic mass is 16.5. The lowest BCUT2D eigenvalue weighted by molar-refractivity contribution is -0.127. The molecule has 0 fully saturated rings. The van der Waals surface area contributed by atoms with E-state index in [1.807, 2.05) is 38.1 Å². The van der Waals surface area contributed by atoms with E-state index in [-0.39, 0.29) is 5.91 Å². The van der Waals surface area contributed by atoms with Crippen LogP contribution in [0.5, 0.6) is 5.75 Å². The molecule has 0 atom stereocenters. The standard InChI is InChI=1S/C16H23NO3/c1-4-6-16(18)17(11-12-19-3)13-14-7-9-15(10-8-14)20-5-2/h4,6-10H,5,11-13H2,1-3H3/b6-4+. The molecular formula is C16H23NO3. The number of carbonyl (C=O) groups excluding carboxylic acids is 1. The number of ether oxygens (including phenoxy) is 2. The second kappa shape index (κ2) is 9.15. The fourth-order valence-electron chi connectivity index (χ4n) is 1.79. The lowest BCUT2D eigenvalue weighted by Crippen LogP contribution is -2.32. The Morgan fingerprint density at radius 1 is 1.30 bits per heavy atom. The highest BCUT2D eigenvalue weighted by Gasteiger charge is 2.10. The molecule has 0 N–H and O–H groups in total. The van der Waals surface area contributed by atoms with Crippen LogP contribution in [0.1, 0.15) is 19.4 Å². The van der Waals surface area contributed by atoms with Crippen molar-refractivity contribution in [2.75, 3.05) is 26.9 Å². The van der Waals surface area contributed by atoms with Crippen LogP contribution in [0.4, 0.5) is 0 Å². The van der Waals surface area contributed by atoms with Crippen molar-refractivity contribution in [3.63, 3.8) is 0 Å². The minimum atomic E-state index is -0.00145. The number of methoxy groups -OCH3 is 1. The quantitative estimate of drug-likeness (QED) is 0.686. The van der Waals surface area contributed by atoms with Crippen molar-refractivity contribution in [3.05, 3.63) is 42.0 Å². The maximum Gasteiger partial charge on any atom is 0.246 e. The fraction of sp³-hybridized carbons (Fsp3) is 0.438. The van der Waals surface area contributed by atoms with Gasteiger partial charge in [0, 0.05) is 20.2 Å². The second-order valence-electron chi connectivity index (χ2n) is 4.33. The minimum Gasteiger partial charge on any atom is -0.494 e. The summed E-state index contributed by atoms with van der Waals surface area (Å²) < 4.78 is 10.5. The first-order valence-corrected chi connectivity index (χ1v) is 6.83. The molecule has 0 unspecified atom stereocenters. The third-order valence-corrected chi connectivity index (χ3v) is 2.79. The summed E-state index contributed by atoms with van der Waals surface area (Å²) in [6.07, 6.45) is 3.32. The molecule has 1 aromatic carbocycles. The molecule has 1 aromatic rings. The van der Waals surface area contributed by atoms with E-state index in [9.17, 15) is 4.79 Å². The van der Waals surface area contributed by atoms with E-state index in [0.717, 1.165) is 11.3 Å². The van der Waals surface area contributed by atoms with Crippen LogP contribution < -0.4 is 4.74 Å². The van der Waals surface area contributed by atoms with Crippen LogP contribution in [0.3, 0.4) is 0 Å². The Hall–Kier alpha value is -1.81. The average Bonchev–Trinajstić information content (AvgIpc) is 2.45. The summed E-state index contributed by atoms with van der Waals surface area (Å²) in [6.45, 7) is 6.12. The first-order chi connectivity index (χ1) is 9.71. The van der Waals surface area contributed by atoms with Crippen LogP contribution in [-0.4, -0.2) is 37.7 Å². The van der Waals surface area contributed by atoms with Gasteiger partial charge in [0.25, 0.3) is 0 Å². The molecule has 110 valence electrons. The second-order valence-corrected chi connectivity index (χ2v) is 4.33. The van der Waals surface area contributed by atoms with Gasteiger partial charge in [-0.15, -0.1) is 0 Å². The third kappa shape index (κ3) is 5.45. The number of hydrogen-bond donors (Lipinski definition) is 0. The van der Waals surface area contributed by atoms with Crippen LogP contribution in [-0.2, 0) is 16.1 Å². The molecule has 0 saturated carbocycles. The number of amides is 1. The van der Waals surface area contributed by atoms with Gasteiger partial charge >= 0.3 is 0 Å². The summed E-state index contributed by atoms with van der Waals surface area (Å²) >= 11 is 0. The summed E-state index contributed by atoms with van der Waals surface area (Å²) in [5, 5.41) is 0. The SMILES string of the molecule is C/C=C/C(=O)N(CCOC)Cc1ccc(OCC)cc1. The summed E-state index contributed by atoms with van der Waals surface area (Å²) in [7, 11) is 1.63. The van der Waals surface area contributed by atoms with Crippen molar-refractivity contribution in [1.82, 2.24) is 4.90 Å². The van der Waals surface area contributed by atoms with E-state index >= 15 is 0 Å². The van der Waals surface area contributed by atoms with Crippen molar-refractivity contribution in [2.24, 2.45) is 0 Å². The fourth-order valence-corrected chi connectivity index (χ4v) is 1.79. The number of benzene rings is 1. The molecule has 0 aliphatic carbocycles. The molecular weight excluding hydrogens is 254 g/mol. The van der Waals surface area contributed by atoms with Gasteiger partial charge in [-0.2, -0.15) is 0 Å². The van der Waals surface area contributed by atoms with Crippen molar-refractivity contribution in [3.8, 4) is 5.75 Å². The molecule has 0 aromatic heterocycles. The lowest BCUT2D eigenvalue weighted by Gasteiger charge is -2.21. The topological polar surface area (TPSA) is 38.8 Å². The molecule has 0 radical (unpaired) electrons. The number of nitrogens with zero attached hydrogens (tertiary/aromatic N) is 1. The maximum absolute atomic E-state index is 12.0. The molecule has 0 aliphatic rings. The monoisotopic (exact) mass is 277 g/mol. The van der Waals surface area contributed by atoms with Crippen molar-refractivity contribution >= 4 is 5.91 Å². The molecule has 1 amide bonds. The molecule has 0 saturated heterocycles. The summed E-state index contributed by atoms with van der Waals surface area (Å²) in [6, 6.07) is 7.81. The van der Waals surface area contributed by atoms with Gasteiger partial charge < -0.3 is 14.4 Å². The van der Waals surface area contributed by atoms with Gasteiger partial charge in [0.1, 0.15) is 5.75 Å². The Bertz CT molecular complexity index is 426. The zero-order valence-corrected chi connectivity index (χ0v) is 12.5. The minimum absolute atomic E-state index is 0.00145. The van der Waals surface area contributed by atoms with Gasteiger partial charge in [-0.3, -0.25) is 4.79 Å². The number of rotatable bonds is 8. The van der Waals surface area contributed by atoms with E-state index in [1.54, 1.807) is 24.2 Å². The molecule has 20 heavy (non-hydrogen) atoms. The Morgan fingerprint density at radius 2 is 2.00 bits per heavy atom. The summed E-state index contributed by atoms with van der Waals surface area (Å²) in [5.74, 6) is 0.845. The van der Waals surface area contributed by atoms with Gasteiger partial charge in [0.05, 0.1) is 13.2 Å². The summed E-state index contributed by atoms with van der Waals surface area (Å²) in [4.78, 5) is 13.7. The van der Waals surface area contributed by atoms with E-state index < -0.39 is 0 Å². The first-order valence-electron chi connectivity index (χ1n) is 6.83. The third-order valence-electron chi connectivity index (χ3n) is 2.79. The lowest BCUT2D eigenvalue weighted by atomic mass is 10.2. The van der Waals surface area contributed by atoms with Gasteiger partial charge in [0.15, 0.2) is 0 Å². The van der Waals surface area contributed by atoms with E-state index in [2.05, 4.69) is 0 Å². The van der Waals surface area contributed by atoms with Gasteiger partial charge in [-0.1, -0.05) is 18.2 Å². The van der Waals surface area contributed by atoms with Crippen LogP contribution in [0.15, 0.2) is 36.4 Å². The molecule has 0 spiro atoms. The Balaban J connectivity index is 2.70. The van der Waals surface area contributed by atoms with Crippen LogP contribution in [0, 0.1) is 0 Å². The summed E-state index contributed by atoms with van der Waals surface area (Å²) in [5.41, 5.74) is 1.07. The predicted octanol–water partition coefficient (Wildman–Crippen LogP) is 2.64. The van der Waals surface area contributed by atoms with Crippen LogP contribution in [0.25, 0.3) is 0 Å². The zero-order chi connectivity index (χ0) is 14.8. The average molecular weight is 277 g/mol. The Labute approximate surface area is 121 Å². The smallest absolute Gasteiger partial charge is 0.246 e. The largest absolute Gasteiger partial charge is 0.494 e. The molecule has 1 rings (SSSR count). The van der Waals surface area contributed by atoms with E-state index in [4.69, 9.17) is 9.47 Å². The van der Waals surface area contributed by atoms with E-state index in [1.165, 1.54) is 0 Å². The Kier molecular flexibility index (Phi) is 7.43. The number of hydrogen-bond acceptors (Lipinski definition) is 3. The molecule has 4 nitrogen and oxygen atoms in total. The van der Waals surface area contributed by atoms with Crippen molar-refractivity contribution in [2.45, 2.75) is 20.4 Å². The molecule has 0 bridgehead atoms. The molecule has 0 aliphatic heterocycles. The van der Waals surface area contributed by atoms with E-state index in [0.29, 0.717) is 26.3 Å².